The van der Waals surface area contributed by atoms with Gasteiger partial charge in [0.25, 0.3) is 0 Å². The zero-order chi connectivity index (χ0) is 44.7. The Morgan fingerprint density at radius 3 is 1.38 bits per heavy atom. The SMILES string of the molecule is CC(C)C[C@H](N)C(=O)N[C@@H](CO)C(=O)N[C@@H](CCC(=O)O)C(=O)N[C@@H](CCC(N)=O)C(=O)N[C@@H](CC(N)=O)C(=O)N[C@@H](CCCN=C(N)N)C(=O)N[C@@H](CO)C(=O)O. The van der Waals surface area contributed by atoms with E-state index < -0.39 is 147 Å². The van der Waals surface area contributed by atoms with Crippen molar-refractivity contribution in [3.63, 3.8) is 0 Å². The van der Waals surface area contributed by atoms with Crippen LogP contribution < -0.4 is 60.6 Å². The van der Waals surface area contributed by atoms with Crippen LogP contribution in [0, 0.1) is 5.92 Å². The summed E-state index contributed by atoms with van der Waals surface area (Å²) in [5.74, 6) is -12.1. The van der Waals surface area contributed by atoms with Crippen molar-refractivity contribution in [3.8, 4) is 0 Å². The van der Waals surface area contributed by atoms with Crippen LogP contribution in [0.4, 0.5) is 0 Å². The number of carboxylic acid groups (broad SMARTS) is 2. The molecule has 0 radical (unpaired) electrons. The van der Waals surface area contributed by atoms with Gasteiger partial charge in [0.05, 0.1) is 25.7 Å². The largest absolute Gasteiger partial charge is 0.481 e. The predicted octanol–water partition coefficient (Wildman–Crippen LogP) is -7.60. The van der Waals surface area contributed by atoms with E-state index in [-0.39, 0.29) is 37.7 Å². The molecular weight excluding hydrogens is 776 g/mol. The maximum absolute atomic E-state index is 13.6. The third-order valence-electron chi connectivity index (χ3n) is 7.88. The topological polar surface area (TPSA) is 466 Å². The molecule has 0 saturated carbocycles. The van der Waals surface area contributed by atoms with Crippen molar-refractivity contribution in [2.24, 2.45) is 39.6 Å². The molecule has 328 valence electrons. The number of amides is 8. The number of aliphatic hydroxyl groups is 2. The number of nitrogens with zero attached hydrogens (tertiary/aromatic N) is 1. The minimum atomic E-state index is -1.88. The Morgan fingerprint density at radius 2 is 0.966 bits per heavy atom. The summed E-state index contributed by atoms with van der Waals surface area (Å²) >= 11 is 0. The van der Waals surface area contributed by atoms with Crippen molar-refractivity contribution in [1.82, 2.24) is 31.9 Å². The number of aliphatic carboxylic acids is 2. The molecule has 0 heterocycles. The Bertz CT molecular complexity index is 1510. The number of nitrogens with one attached hydrogen (secondary N) is 6. The molecule has 0 aromatic rings. The Kier molecular flexibility index (Phi) is 23.8. The van der Waals surface area contributed by atoms with Gasteiger partial charge in [0, 0.05) is 19.4 Å². The fourth-order valence-electron chi connectivity index (χ4n) is 4.91. The first-order valence-corrected chi connectivity index (χ1v) is 17.9. The lowest BCUT2D eigenvalue weighted by molar-refractivity contribution is -0.143. The van der Waals surface area contributed by atoms with Gasteiger partial charge >= 0.3 is 11.9 Å². The van der Waals surface area contributed by atoms with E-state index in [1.165, 1.54) is 0 Å². The number of hydrogen-bond acceptors (Lipinski definition) is 14. The molecule has 58 heavy (non-hydrogen) atoms. The van der Waals surface area contributed by atoms with E-state index in [1.807, 2.05) is 5.32 Å². The van der Waals surface area contributed by atoms with Crippen molar-refractivity contribution in [2.75, 3.05) is 19.8 Å². The summed E-state index contributed by atoms with van der Waals surface area (Å²) in [5, 5.41) is 50.7. The number of aliphatic imine (C=N–C) groups is 1. The number of nitrogens with two attached hydrogens (primary N) is 5. The van der Waals surface area contributed by atoms with Crippen LogP contribution in [0.2, 0.25) is 0 Å². The highest BCUT2D eigenvalue weighted by Crippen LogP contribution is 2.08. The molecule has 8 amide bonds. The van der Waals surface area contributed by atoms with Crippen LogP contribution in [-0.4, -0.2) is 148 Å². The number of carbonyl (C=O) groups excluding carboxylic acids is 8. The van der Waals surface area contributed by atoms with Crippen LogP contribution in [0.5, 0.6) is 0 Å². The fourth-order valence-corrected chi connectivity index (χ4v) is 4.91. The third-order valence-corrected chi connectivity index (χ3v) is 7.88. The van der Waals surface area contributed by atoms with Crippen molar-refractivity contribution >= 4 is 65.2 Å². The van der Waals surface area contributed by atoms with E-state index >= 15 is 0 Å². The average Bonchev–Trinajstić information content (AvgIpc) is 3.12. The standard InChI is InChI=1S/C32H56N12O14/c1-14(2)10-15(33)25(51)43-20(12-45)30(56)41-18(6-8-24(49)50)27(53)40-17(5-7-22(34)47)28(54)42-19(11-23(35)48)29(55)39-16(4-3-9-38-32(36)37)26(52)44-21(13-46)31(57)58/h14-21,45-46H,3-13,33H2,1-2H3,(H2,34,47)(H2,35,48)(H,39,55)(H,40,53)(H,41,56)(H,42,54)(H,43,51)(H,44,52)(H,49,50)(H,57,58)(H4,36,37,38)/t15-,16-,17-,18-,19-,20-,21-/m0/s1. The van der Waals surface area contributed by atoms with Crippen LogP contribution in [0.15, 0.2) is 4.99 Å². The van der Waals surface area contributed by atoms with Gasteiger partial charge in [-0.15, -0.1) is 0 Å². The van der Waals surface area contributed by atoms with Crippen LogP contribution in [-0.2, 0) is 47.9 Å². The molecule has 0 unspecified atom stereocenters. The molecule has 7 atom stereocenters. The fraction of sp³-hybridized carbons (Fsp3) is 0.656. The molecule has 20 N–H and O–H groups in total. The molecule has 0 aromatic heterocycles. The number of rotatable bonds is 29. The highest BCUT2D eigenvalue weighted by atomic mass is 16.4. The van der Waals surface area contributed by atoms with Gasteiger partial charge in [-0.05, 0) is 38.0 Å². The van der Waals surface area contributed by atoms with E-state index in [0.717, 1.165) is 0 Å². The Hall–Kier alpha value is -6.15. The first-order valence-electron chi connectivity index (χ1n) is 17.9. The summed E-state index contributed by atoms with van der Waals surface area (Å²) in [6, 6.07) is -11.4. The molecule has 0 aromatic carbocycles. The van der Waals surface area contributed by atoms with Crippen LogP contribution in [0.25, 0.3) is 0 Å². The van der Waals surface area contributed by atoms with E-state index in [0.29, 0.717) is 0 Å². The summed E-state index contributed by atoms with van der Waals surface area (Å²) in [4.78, 5) is 129. The van der Waals surface area contributed by atoms with Crippen LogP contribution in [0.3, 0.4) is 0 Å². The van der Waals surface area contributed by atoms with Gasteiger partial charge in [-0.1, -0.05) is 13.8 Å². The minimum absolute atomic E-state index is 0.00586. The van der Waals surface area contributed by atoms with Gasteiger partial charge in [0.2, 0.25) is 47.3 Å². The molecule has 0 spiro atoms. The highest BCUT2D eigenvalue weighted by molar-refractivity contribution is 5.98. The quantitative estimate of drug-likeness (QED) is 0.0189. The zero-order valence-electron chi connectivity index (χ0n) is 32.1. The molecule has 0 saturated heterocycles. The average molecular weight is 833 g/mol. The maximum Gasteiger partial charge on any atom is 0.328 e. The lowest BCUT2D eigenvalue weighted by Crippen LogP contribution is -2.60. The first kappa shape index (κ1) is 51.9. The normalized spacial score (nSPS) is 14.4. The molecule has 26 heteroatoms. The number of aliphatic hydroxyl groups excluding tert-OH is 2. The second-order valence-corrected chi connectivity index (χ2v) is 13.4. The summed E-state index contributed by atoms with van der Waals surface area (Å²) in [5.41, 5.74) is 26.9. The van der Waals surface area contributed by atoms with E-state index in [2.05, 4.69) is 31.6 Å². The van der Waals surface area contributed by atoms with E-state index in [1.54, 1.807) is 13.8 Å². The van der Waals surface area contributed by atoms with Gasteiger partial charge in [-0.25, -0.2) is 4.79 Å². The van der Waals surface area contributed by atoms with Crippen molar-refractivity contribution in [1.29, 1.82) is 0 Å². The van der Waals surface area contributed by atoms with Crippen molar-refractivity contribution < 1.29 is 68.4 Å². The Morgan fingerprint density at radius 1 is 0.552 bits per heavy atom. The predicted molar refractivity (Wildman–Crippen MR) is 200 cm³/mol. The maximum atomic E-state index is 13.6. The molecule has 0 aliphatic heterocycles. The summed E-state index contributed by atoms with van der Waals surface area (Å²) in [6.07, 6.45) is -3.30. The van der Waals surface area contributed by atoms with Gasteiger partial charge < -0.3 is 81.0 Å². The summed E-state index contributed by atoms with van der Waals surface area (Å²) in [7, 11) is 0. The van der Waals surface area contributed by atoms with Crippen LogP contribution in [0.1, 0.15) is 65.2 Å². The minimum Gasteiger partial charge on any atom is -0.481 e. The lowest BCUT2D eigenvalue weighted by atomic mass is 10.0. The lowest BCUT2D eigenvalue weighted by Gasteiger charge is -2.27. The molecule has 0 aliphatic carbocycles. The van der Waals surface area contributed by atoms with Crippen molar-refractivity contribution in [2.45, 2.75) is 108 Å². The first-order chi connectivity index (χ1) is 27.0. The second-order valence-electron chi connectivity index (χ2n) is 13.4. The third kappa shape index (κ3) is 21.2. The van der Waals surface area contributed by atoms with E-state index in [9.17, 15) is 68.4 Å². The second kappa shape index (κ2) is 26.7. The summed E-state index contributed by atoms with van der Waals surface area (Å²) < 4.78 is 0. The molecule has 0 fully saturated rings. The van der Waals surface area contributed by atoms with Gasteiger partial charge in [-0.3, -0.25) is 48.1 Å². The van der Waals surface area contributed by atoms with Gasteiger partial charge in [0.1, 0.15) is 36.3 Å². The van der Waals surface area contributed by atoms with Crippen molar-refractivity contribution in [3.05, 3.63) is 0 Å². The number of hydrogen-bond donors (Lipinski definition) is 15. The smallest absolute Gasteiger partial charge is 0.328 e. The monoisotopic (exact) mass is 832 g/mol. The molecule has 0 rings (SSSR count). The molecular formula is C32H56N12O14. The summed E-state index contributed by atoms with van der Waals surface area (Å²) in [6.45, 7) is 1.53. The molecule has 0 aliphatic rings. The van der Waals surface area contributed by atoms with Crippen LogP contribution >= 0.6 is 0 Å². The number of guanidine groups is 1. The Balaban J connectivity index is 6.43. The number of carbonyl (C=O) groups is 10. The van der Waals surface area contributed by atoms with Gasteiger partial charge in [-0.2, -0.15) is 0 Å². The zero-order valence-corrected chi connectivity index (χ0v) is 32.1. The number of primary amides is 2. The van der Waals surface area contributed by atoms with E-state index in [4.69, 9.17) is 28.7 Å². The highest BCUT2D eigenvalue weighted by Gasteiger charge is 2.34. The number of carboxylic acids is 2. The molecule has 26 nitrogen and oxygen atoms in total. The molecule has 0 bridgehead atoms. The van der Waals surface area contributed by atoms with Gasteiger partial charge in [0.15, 0.2) is 5.96 Å². The Labute approximate surface area is 332 Å².